The van der Waals surface area contributed by atoms with Crippen molar-refractivity contribution in [2.75, 3.05) is 0 Å². The van der Waals surface area contributed by atoms with Crippen molar-refractivity contribution in [3.8, 4) is 6.07 Å². The predicted octanol–water partition coefficient (Wildman–Crippen LogP) is 5.36. The van der Waals surface area contributed by atoms with E-state index in [-0.39, 0.29) is 0 Å². The zero-order valence-corrected chi connectivity index (χ0v) is 14.1. The van der Waals surface area contributed by atoms with Crippen molar-refractivity contribution in [1.82, 2.24) is 0 Å². The van der Waals surface area contributed by atoms with E-state index in [0.29, 0.717) is 26.4 Å². The second-order valence-electron chi connectivity index (χ2n) is 4.90. The molecule has 5 heteroatoms. The number of oxime groups is 1. The lowest BCUT2D eigenvalue weighted by Crippen LogP contribution is -2.03. The molecule has 23 heavy (non-hydrogen) atoms. The van der Waals surface area contributed by atoms with Gasteiger partial charge in [0.05, 0.1) is 10.6 Å². The monoisotopic (exact) mass is 384 g/mol. The van der Waals surface area contributed by atoms with Crippen molar-refractivity contribution in [3.63, 3.8) is 0 Å². The molecule has 1 aliphatic carbocycles. The average molecular weight is 386 g/mol. The number of benzene rings is 2. The van der Waals surface area contributed by atoms with E-state index < -0.39 is 0 Å². The van der Waals surface area contributed by atoms with Crippen LogP contribution in [0.25, 0.3) is 16.3 Å². The Balaban J connectivity index is 2.30. The number of rotatable bonds is 1. The molecule has 0 heterocycles. The first kappa shape index (κ1) is 15.5. The minimum Gasteiger partial charge on any atom is -0.410 e. The van der Waals surface area contributed by atoms with E-state index in [2.05, 4.69) is 27.2 Å². The number of halogens is 2. The van der Waals surface area contributed by atoms with Gasteiger partial charge in [-0.2, -0.15) is 5.26 Å². The SMILES string of the molecule is N#CC(=C1C=C(Br)/C(=N/O)C=C1Cl)c1cccc2ccccc12. The Morgan fingerprint density at radius 1 is 1.13 bits per heavy atom. The first-order valence-electron chi connectivity index (χ1n) is 6.75. The van der Waals surface area contributed by atoms with Crippen molar-refractivity contribution in [2.45, 2.75) is 0 Å². The molecule has 1 aliphatic rings. The molecule has 0 atom stereocenters. The molecule has 0 aromatic heterocycles. The maximum absolute atomic E-state index is 9.70. The van der Waals surface area contributed by atoms with Crippen LogP contribution in [0.4, 0.5) is 0 Å². The Hall–Kier alpha value is -2.35. The molecule has 0 radical (unpaired) electrons. The second kappa shape index (κ2) is 6.41. The van der Waals surface area contributed by atoms with Gasteiger partial charge in [-0.05, 0) is 38.9 Å². The number of allylic oxidation sites excluding steroid dienone is 6. The van der Waals surface area contributed by atoms with Crippen molar-refractivity contribution in [3.05, 3.63) is 75.3 Å². The molecule has 112 valence electrons. The molecule has 2 aromatic carbocycles. The van der Waals surface area contributed by atoms with Crippen LogP contribution in [0.15, 0.2) is 74.9 Å². The lowest BCUT2D eigenvalue weighted by Gasteiger charge is -2.13. The highest BCUT2D eigenvalue weighted by atomic mass is 79.9. The number of nitrogens with zero attached hydrogens (tertiary/aromatic N) is 2. The van der Waals surface area contributed by atoms with E-state index in [4.69, 9.17) is 16.8 Å². The van der Waals surface area contributed by atoms with Crippen LogP contribution in [0, 0.1) is 11.3 Å². The van der Waals surface area contributed by atoms with Crippen LogP contribution in [0.3, 0.4) is 0 Å². The summed E-state index contributed by atoms with van der Waals surface area (Å²) in [5.74, 6) is 0. The van der Waals surface area contributed by atoms with E-state index in [1.807, 2.05) is 42.5 Å². The minimum absolute atomic E-state index is 0.314. The first-order valence-corrected chi connectivity index (χ1v) is 7.92. The highest BCUT2D eigenvalue weighted by Gasteiger charge is 2.19. The number of hydrogen-bond acceptors (Lipinski definition) is 3. The molecular formula is C18H10BrClN2O. The Bertz CT molecular complexity index is 959. The van der Waals surface area contributed by atoms with Gasteiger partial charge in [0.25, 0.3) is 0 Å². The maximum Gasteiger partial charge on any atom is 0.118 e. The molecule has 0 spiro atoms. The summed E-state index contributed by atoms with van der Waals surface area (Å²) >= 11 is 9.62. The van der Waals surface area contributed by atoms with Crippen LogP contribution in [-0.2, 0) is 0 Å². The Morgan fingerprint density at radius 3 is 2.61 bits per heavy atom. The molecule has 2 aromatic rings. The van der Waals surface area contributed by atoms with Gasteiger partial charge in [-0.1, -0.05) is 59.2 Å². The molecular weight excluding hydrogens is 376 g/mol. The summed E-state index contributed by atoms with van der Waals surface area (Å²) in [6.07, 6.45) is 3.21. The van der Waals surface area contributed by atoms with Crippen molar-refractivity contribution in [2.24, 2.45) is 5.16 Å². The topological polar surface area (TPSA) is 56.4 Å². The van der Waals surface area contributed by atoms with Crippen molar-refractivity contribution in [1.29, 1.82) is 5.26 Å². The highest BCUT2D eigenvalue weighted by Crippen LogP contribution is 2.35. The fourth-order valence-electron chi connectivity index (χ4n) is 2.51. The van der Waals surface area contributed by atoms with Gasteiger partial charge in [0.15, 0.2) is 0 Å². The van der Waals surface area contributed by atoms with Gasteiger partial charge >= 0.3 is 0 Å². The Morgan fingerprint density at radius 2 is 1.87 bits per heavy atom. The third-order valence-electron chi connectivity index (χ3n) is 3.58. The molecule has 0 fully saturated rings. The zero-order chi connectivity index (χ0) is 16.4. The number of nitriles is 1. The van der Waals surface area contributed by atoms with Crippen molar-refractivity contribution < 1.29 is 5.21 Å². The van der Waals surface area contributed by atoms with Gasteiger partial charge in [0, 0.05) is 15.6 Å². The second-order valence-corrected chi connectivity index (χ2v) is 6.16. The lowest BCUT2D eigenvalue weighted by atomic mass is 9.93. The zero-order valence-electron chi connectivity index (χ0n) is 11.8. The van der Waals surface area contributed by atoms with Crippen LogP contribution in [0.2, 0.25) is 0 Å². The molecule has 3 nitrogen and oxygen atoms in total. The fraction of sp³-hybridized carbons (Fsp3) is 0. The molecule has 0 aliphatic heterocycles. The van der Waals surface area contributed by atoms with Crippen LogP contribution < -0.4 is 0 Å². The molecule has 0 unspecified atom stereocenters. The van der Waals surface area contributed by atoms with Crippen LogP contribution in [0.1, 0.15) is 5.56 Å². The van der Waals surface area contributed by atoms with Crippen LogP contribution in [0.5, 0.6) is 0 Å². The number of hydrogen-bond donors (Lipinski definition) is 1. The summed E-state index contributed by atoms with van der Waals surface area (Å²) in [6, 6.07) is 15.9. The van der Waals surface area contributed by atoms with E-state index in [1.54, 1.807) is 6.08 Å². The lowest BCUT2D eigenvalue weighted by molar-refractivity contribution is 0.320. The van der Waals surface area contributed by atoms with Gasteiger partial charge in [-0.3, -0.25) is 0 Å². The quantitative estimate of drug-likeness (QED) is 0.408. The standard InChI is InChI=1S/C18H10BrClN2O/c19-16-8-14(17(20)9-18(16)22-23)15(10-21)13-7-3-5-11-4-1-2-6-12(11)13/h1-9,23H/b15-14?,22-18+. The summed E-state index contributed by atoms with van der Waals surface area (Å²) in [5, 5.41) is 24.2. The number of fused-ring (bicyclic) bond motifs is 1. The largest absolute Gasteiger partial charge is 0.410 e. The minimum atomic E-state index is 0.314. The molecule has 0 amide bonds. The highest BCUT2D eigenvalue weighted by molar-refractivity contribution is 9.12. The summed E-state index contributed by atoms with van der Waals surface area (Å²) in [6.45, 7) is 0. The fourth-order valence-corrected chi connectivity index (χ4v) is 3.19. The summed E-state index contributed by atoms with van der Waals surface area (Å²) < 4.78 is 0.562. The van der Waals surface area contributed by atoms with Gasteiger partial charge in [0.2, 0.25) is 0 Å². The molecule has 0 bridgehead atoms. The smallest absolute Gasteiger partial charge is 0.118 e. The van der Waals surface area contributed by atoms with Gasteiger partial charge in [-0.15, -0.1) is 0 Å². The van der Waals surface area contributed by atoms with E-state index in [1.165, 1.54) is 6.08 Å². The van der Waals surface area contributed by atoms with Crippen molar-refractivity contribution >= 4 is 49.6 Å². The van der Waals surface area contributed by atoms with Crippen LogP contribution in [-0.4, -0.2) is 10.9 Å². The molecule has 0 saturated carbocycles. The Labute approximate surface area is 146 Å². The normalized spacial score (nSPS) is 18.4. The van der Waals surface area contributed by atoms with Gasteiger partial charge in [-0.25, -0.2) is 0 Å². The average Bonchev–Trinajstić information content (AvgIpc) is 2.58. The predicted molar refractivity (Wildman–Crippen MR) is 96.6 cm³/mol. The third kappa shape index (κ3) is 2.81. The van der Waals surface area contributed by atoms with Gasteiger partial charge in [0.1, 0.15) is 11.8 Å². The van der Waals surface area contributed by atoms with Crippen LogP contribution >= 0.6 is 27.5 Å². The van der Waals surface area contributed by atoms with Gasteiger partial charge < -0.3 is 5.21 Å². The molecule has 1 N–H and O–H groups in total. The molecule has 3 rings (SSSR count). The summed E-state index contributed by atoms with van der Waals surface area (Å²) in [5.41, 5.74) is 2.18. The summed E-state index contributed by atoms with van der Waals surface area (Å²) in [7, 11) is 0. The summed E-state index contributed by atoms with van der Waals surface area (Å²) in [4.78, 5) is 0. The van der Waals surface area contributed by atoms with E-state index >= 15 is 0 Å². The third-order valence-corrected chi connectivity index (χ3v) is 4.53. The van der Waals surface area contributed by atoms with E-state index in [0.717, 1.165) is 16.3 Å². The molecule has 0 saturated heterocycles. The first-order chi connectivity index (χ1) is 11.2. The Kier molecular flexibility index (Phi) is 4.33. The van der Waals surface area contributed by atoms with E-state index in [9.17, 15) is 5.26 Å². The maximum atomic E-state index is 9.70.